The van der Waals surface area contributed by atoms with E-state index < -0.39 is 12.2 Å². The van der Waals surface area contributed by atoms with Gasteiger partial charge in [0.2, 0.25) is 0 Å². The molecule has 0 aliphatic rings. The minimum Gasteiger partial charge on any atom is -0.737 e. The molecule has 0 aromatic heterocycles. The molecule has 0 spiro atoms. The predicted octanol–water partition coefficient (Wildman–Crippen LogP) is -2.84. The van der Waals surface area contributed by atoms with Crippen LogP contribution in [0.1, 0.15) is 13.8 Å². The van der Waals surface area contributed by atoms with Crippen LogP contribution in [-0.4, -0.2) is 61.6 Å². The molecule has 122 valence electrons. The van der Waals surface area contributed by atoms with Crippen molar-refractivity contribution in [3.63, 3.8) is 0 Å². The van der Waals surface area contributed by atoms with Crippen molar-refractivity contribution in [3.05, 3.63) is 10.4 Å². The third-order valence-electron chi connectivity index (χ3n) is 2.14. The molecule has 0 aliphatic carbocycles. The van der Waals surface area contributed by atoms with Crippen molar-refractivity contribution < 1.29 is 53.6 Å². The fourth-order valence-corrected chi connectivity index (χ4v) is 1.27. The van der Waals surface area contributed by atoms with Gasteiger partial charge in [-0.25, -0.2) is 9.59 Å². The Bertz CT molecular complexity index is 333. The van der Waals surface area contributed by atoms with Crippen LogP contribution in [0.3, 0.4) is 0 Å². The van der Waals surface area contributed by atoms with Crippen LogP contribution in [0.25, 0.3) is 0 Å². The van der Waals surface area contributed by atoms with Gasteiger partial charge in [0.05, 0.1) is 26.3 Å². The van der Waals surface area contributed by atoms with Gasteiger partial charge in [-0.2, -0.15) is 0 Å². The second-order valence-electron chi connectivity index (χ2n) is 3.58. The predicted molar refractivity (Wildman–Crippen MR) is 71.0 cm³/mol. The number of hydrogen-bond donors (Lipinski definition) is 2. The first-order valence-electron chi connectivity index (χ1n) is 6.41. The van der Waals surface area contributed by atoms with Crippen LogP contribution in [0, 0.1) is 10.4 Å². The molecule has 0 atom stereocenters. The summed E-state index contributed by atoms with van der Waals surface area (Å²) in [5.41, 5.74) is 0. The molecule has 0 aliphatic heterocycles. The Kier molecular flexibility index (Phi) is 15.0. The number of amides is 2. The standard InChI is InChI=1S/C10H21N5O6.Na/c1-3-20-9(16)11-5-7-14(15(19)13-18)8-6-12-10(17)21-4-2;/h18H,3-8H2,1-2H3,(H,11,16)(H,12,17);/q;+1/p-1. The van der Waals surface area contributed by atoms with E-state index in [1.165, 1.54) is 0 Å². The minimum absolute atomic E-state index is 0. The van der Waals surface area contributed by atoms with Crippen molar-refractivity contribution in [1.29, 1.82) is 0 Å². The molecule has 0 fully saturated rings. The number of nitrogens with zero attached hydrogens (tertiary/aromatic N) is 3. The average Bonchev–Trinajstić information content (AvgIpc) is 2.45. The minimum atomic E-state index is -0.626. The van der Waals surface area contributed by atoms with Crippen molar-refractivity contribution >= 4 is 12.2 Å². The zero-order valence-electron chi connectivity index (χ0n) is 13.0. The number of hydrazine groups is 1. The zero-order chi connectivity index (χ0) is 16.1. The molecule has 0 saturated carbocycles. The molecule has 11 nitrogen and oxygen atoms in total. The Morgan fingerprint density at radius 2 is 1.50 bits per heavy atom. The third-order valence-corrected chi connectivity index (χ3v) is 2.14. The number of hydrogen-bond acceptors (Lipinski definition) is 7. The van der Waals surface area contributed by atoms with Crippen LogP contribution in [0.2, 0.25) is 0 Å². The molecule has 2 N–H and O–H groups in total. The maximum atomic E-state index is 11.2. The van der Waals surface area contributed by atoms with E-state index in [1.54, 1.807) is 13.8 Å². The fraction of sp³-hybridized carbons (Fsp3) is 0.800. The Hall–Kier alpha value is -1.46. The van der Waals surface area contributed by atoms with Gasteiger partial charge in [-0.05, 0) is 19.1 Å². The van der Waals surface area contributed by atoms with E-state index in [1.807, 2.05) is 0 Å². The first-order chi connectivity index (χ1) is 10.0. The van der Waals surface area contributed by atoms with Crippen molar-refractivity contribution in [2.24, 2.45) is 5.28 Å². The van der Waals surface area contributed by atoms with Crippen molar-refractivity contribution in [1.82, 2.24) is 15.6 Å². The number of carbonyl (C=O) groups is 2. The Balaban J connectivity index is 0. The van der Waals surface area contributed by atoms with E-state index in [2.05, 4.69) is 25.4 Å². The summed E-state index contributed by atoms with van der Waals surface area (Å²) in [5.74, 6) is 0. The van der Waals surface area contributed by atoms with E-state index in [0.717, 1.165) is 5.01 Å². The quantitative estimate of drug-likeness (QED) is 0.201. The number of carbonyl (C=O) groups excluding carboxylic acids is 2. The average molecular weight is 329 g/mol. The first kappa shape index (κ1) is 22.8. The van der Waals surface area contributed by atoms with Gasteiger partial charge in [0.1, 0.15) is 0 Å². The van der Waals surface area contributed by atoms with Crippen molar-refractivity contribution in [2.45, 2.75) is 13.8 Å². The second-order valence-corrected chi connectivity index (χ2v) is 3.58. The van der Waals surface area contributed by atoms with Gasteiger partial charge in [-0.1, -0.05) is 0 Å². The Morgan fingerprint density at radius 3 is 1.82 bits per heavy atom. The summed E-state index contributed by atoms with van der Waals surface area (Å²) in [6, 6.07) is 0. The molecule has 22 heavy (non-hydrogen) atoms. The van der Waals surface area contributed by atoms with Crippen LogP contribution >= 0.6 is 0 Å². The number of nitrogens with one attached hydrogen (secondary N) is 2. The monoisotopic (exact) mass is 329 g/mol. The van der Waals surface area contributed by atoms with E-state index in [0.29, 0.717) is 0 Å². The molecule has 0 unspecified atom stereocenters. The molecule has 0 saturated heterocycles. The van der Waals surface area contributed by atoms with Gasteiger partial charge in [0.15, 0.2) is 0 Å². The summed E-state index contributed by atoms with van der Waals surface area (Å²) >= 11 is 0. The zero-order valence-corrected chi connectivity index (χ0v) is 15.0. The van der Waals surface area contributed by atoms with E-state index in [4.69, 9.17) is 0 Å². The second kappa shape index (κ2) is 14.5. The molecule has 0 rings (SSSR count). The van der Waals surface area contributed by atoms with Crippen molar-refractivity contribution in [2.75, 3.05) is 39.4 Å². The SMILES string of the molecule is CCOC(=O)NCCN(CCNC(=O)OCC)[N+]([O-])=N[O-].[Na+]. The summed E-state index contributed by atoms with van der Waals surface area (Å²) in [6.45, 7) is 3.96. The molecule has 12 heteroatoms. The molecular weight excluding hydrogens is 309 g/mol. The molecule has 2 amide bonds. The van der Waals surface area contributed by atoms with E-state index in [-0.39, 0.29) is 73.9 Å². The van der Waals surface area contributed by atoms with Crippen LogP contribution in [0.4, 0.5) is 9.59 Å². The number of alkyl carbamates (subject to hydrolysis) is 2. The van der Waals surface area contributed by atoms with Gasteiger partial charge in [0.25, 0.3) is 0 Å². The van der Waals surface area contributed by atoms with Crippen LogP contribution in [0.15, 0.2) is 5.28 Å². The maximum Gasteiger partial charge on any atom is 1.00 e. The van der Waals surface area contributed by atoms with E-state index in [9.17, 15) is 20.0 Å². The molecule has 0 radical (unpaired) electrons. The van der Waals surface area contributed by atoms with Gasteiger partial charge in [-0.15, -0.1) is 5.01 Å². The van der Waals surface area contributed by atoms with Gasteiger partial charge in [0, 0.05) is 18.1 Å². The Morgan fingerprint density at radius 1 is 1.09 bits per heavy atom. The van der Waals surface area contributed by atoms with Crippen LogP contribution in [-0.2, 0) is 9.47 Å². The normalized spacial score (nSPS) is 10.2. The van der Waals surface area contributed by atoms with Gasteiger partial charge in [-0.3, -0.25) is 0 Å². The summed E-state index contributed by atoms with van der Waals surface area (Å²) in [5, 5.41) is 29.4. The van der Waals surface area contributed by atoms with Crippen LogP contribution < -0.4 is 40.2 Å². The first-order valence-corrected chi connectivity index (χ1v) is 6.41. The molecule has 0 aromatic rings. The maximum absolute atomic E-state index is 11.2. The molecular formula is C10H20N5NaO6. The number of ether oxygens (including phenoxy) is 2. The summed E-state index contributed by atoms with van der Waals surface area (Å²) in [6.07, 6.45) is -1.25. The molecule has 0 heterocycles. The summed E-state index contributed by atoms with van der Waals surface area (Å²) < 4.78 is 9.26. The fourth-order valence-electron chi connectivity index (χ4n) is 1.27. The van der Waals surface area contributed by atoms with Crippen molar-refractivity contribution in [3.8, 4) is 0 Å². The summed E-state index contributed by atoms with van der Waals surface area (Å²) in [7, 11) is 0. The van der Waals surface area contributed by atoms with Gasteiger partial charge < -0.3 is 30.5 Å². The van der Waals surface area contributed by atoms with Crippen LogP contribution in [0.5, 0.6) is 0 Å². The third kappa shape index (κ3) is 11.2. The molecule has 0 bridgehead atoms. The summed E-state index contributed by atoms with van der Waals surface area (Å²) in [4.78, 5) is 21.9. The number of rotatable bonds is 9. The van der Waals surface area contributed by atoms with E-state index >= 15 is 0 Å². The topological polar surface area (TPSA) is 141 Å². The Labute approximate surface area is 150 Å². The van der Waals surface area contributed by atoms with Gasteiger partial charge >= 0.3 is 41.7 Å². The largest absolute Gasteiger partial charge is 1.00 e. The smallest absolute Gasteiger partial charge is 0.737 e. The molecule has 0 aromatic carbocycles.